The first-order valence-electron chi connectivity index (χ1n) is 6.23. The van der Waals surface area contributed by atoms with Crippen molar-refractivity contribution in [3.63, 3.8) is 0 Å². The van der Waals surface area contributed by atoms with Crippen molar-refractivity contribution in [2.45, 2.75) is 38.8 Å². The van der Waals surface area contributed by atoms with Gasteiger partial charge in [-0.15, -0.1) is 0 Å². The Morgan fingerprint density at radius 3 is 2.60 bits per heavy atom. The largest absolute Gasteiger partial charge is 0.480 e. The number of carbonyl (C=O) groups excluding carboxylic acids is 1. The molecule has 1 amide bonds. The summed E-state index contributed by atoms with van der Waals surface area (Å²) in [5, 5.41) is 20.7. The molecule has 1 heterocycles. The number of hydrogen-bond donors (Lipinski definition) is 3. The molecule has 2 unspecified atom stereocenters. The molecule has 0 fully saturated rings. The fourth-order valence-corrected chi connectivity index (χ4v) is 1.91. The predicted octanol–water partition coefficient (Wildman–Crippen LogP) is 1.25. The van der Waals surface area contributed by atoms with Crippen LogP contribution in [0.1, 0.15) is 36.3 Å². The number of carboxylic acid groups (broad SMARTS) is 1. The Hall–Kier alpha value is -1.66. The first kappa shape index (κ1) is 16.4. The van der Waals surface area contributed by atoms with Crippen molar-refractivity contribution in [3.8, 4) is 0 Å². The van der Waals surface area contributed by atoms with Crippen LogP contribution < -0.4 is 5.32 Å². The van der Waals surface area contributed by atoms with Gasteiger partial charge in [0.2, 0.25) is 0 Å². The molecule has 0 saturated carbocycles. The highest BCUT2D eigenvalue weighted by molar-refractivity contribution is 6.29. The molecule has 0 spiro atoms. The summed E-state index contributed by atoms with van der Waals surface area (Å²) in [5.74, 6) is -1.91. The number of aliphatic carboxylic acids is 1. The molecule has 1 aromatic rings. The third-order valence-electron chi connectivity index (χ3n) is 2.65. The lowest BCUT2D eigenvalue weighted by Crippen LogP contribution is -2.47. The van der Waals surface area contributed by atoms with E-state index in [0.29, 0.717) is 12.1 Å². The second kappa shape index (κ2) is 7.21. The molecule has 0 aliphatic carbocycles. The lowest BCUT2D eigenvalue weighted by Gasteiger charge is -2.17. The van der Waals surface area contributed by atoms with Gasteiger partial charge >= 0.3 is 5.97 Å². The van der Waals surface area contributed by atoms with Crippen molar-refractivity contribution in [1.29, 1.82) is 0 Å². The summed E-state index contributed by atoms with van der Waals surface area (Å²) >= 11 is 5.83. The van der Waals surface area contributed by atoms with Crippen molar-refractivity contribution in [2.24, 2.45) is 0 Å². The molecule has 110 valence electrons. The molecule has 0 radical (unpaired) electrons. The Labute approximate surface area is 121 Å². The van der Waals surface area contributed by atoms with Crippen LogP contribution in [0.3, 0.4) is 0 Å². The lowest BCUT2D eigenvalue weighted by molar-refractivity contribution is -0.141. The van der Waals surface area contributed by atoms with Gasteiger partial charge in [0.05, 0.1) is 6.10 Å². The zero-order valence-corrected chi connectivity index (χ0v) is 12.0. The molecule has 20 heavy (non-hydrogen) atoms. The first-order chi connectivity index (χ1) is 9.35. The number of aryl methyl sites for hydroxylation is 1. The summed E-state index contributed by atoms with van der Waals surface area (Å²) in [7, 11) is 0. The average Bonchev–Trinajstić information content (AvgIpc) is 2.34. The summed E-state index contributed by atoms with van der Waals surface area (Å²) in [6.45, 7) is 3.26. The molecule has 6 nitrogen and oxygen atoms in total. The number of rotatable bonds is 6. The summed E-state index contributed by atoms with van der Waals surface area (Å²) in [4.78, 5) is 27.0. The van der Waals surface area contributed by atoms with Crippen LogP contribution in [0.25, 0.3) is 0 Å². The maximum absolute atomic E-state index is 12.0. The smallest absolute Gasteiger partial charge is 0.328 e. The maximum atomic E-state index is 12.0. The zero-order valence-electron chi connectivity index (χ0n) is 11.3. The molecule has 0 aliphatic rings. The van der Waals surface area contributed by atoms with E-state index in [4.69, 9.17) is 16.7 Å². The van der Waals surface area contributed by atoms with Gasteiger partial charge in [0.1, 0.15) is 5.15 Å². The van der Waals surface area contributed by atoms with E-state index in [2.05, 4.69) is 10.3 Å². The number of aromatic nitrogens is 1. The fraction of sp³-hybridized carbons (Fsp3) is 0.462. The molecule has 2 atom stereocenters. The van der Waals surface area contributed by atoms with Crippen LogP contribution in [0.2, 0.25) is 5.15 Å². The van der Waals surface area contributed by atoms with Crippen LogP contribution in [0.4, 0.5) is 0 Å². The third kappa shape index (κ3) is 4.47. The van der Waals surface area contributed by atoms with Gasteiger partial charge in [-0.2, -0.15) is 0 Å². The molecule has 1 rings (SSSR count). The molecule has 7 heteroatoms. The molecule has 0 saturated heterocycles. The van der Waals surface area contributed by atoms with Gasteiger partial charge in [0.25, 0.3) is 5.91 Å². The van der Waals surface area contributed by atoms with Crippen molar-refractivity contribution in [2.75, 3.05) is 0 Å². The predicted molar refractivity (Wildman–Crippen MR) is 73.8 cm³/mol. The SMILES string of the molecule is CCCc1cc(C(=O)NC(C(=O)O)C(C)O)cc(Cl)n1. The molecular formula is C13H17ClN2O4. The normalized spacial score (nSPS) is 13.6. The van der Waals surface area contributed by atoms with Crippen LogP contribution in [0, 0.1) is 0 Å². The number of aliphatic hydroxyl groups excluding tert-OH is 1. The maximum Gasteiger partial charge on any atom is 0.328 e. The highest BCUT2D eigenvalue weighted by atomic mass is 35.5. The van der Waals surface area contributed by atoms with Gasteiger partial charge in [-0.25, -0.2) is 9.78 Å². The van der Waals surface area contributed by atoms with Gasteiger partial charge < -0.3 is 15.5 Å². The standard InChI is InChI=1S/C13H17ClN2O4/c1-3-4-9-5-8(6-10(14)15-9)12(18)16-11(7(2)17)13(19)20/h5-7,11,17H,3-4H2,1-2H3,(H,16,18)(H,19,20). The van der Waals surface area contributed by atoms with Crippen molar-refractivity contribution in [3.05, 3.63) is 28.5 Å². The van der Waals surface area contributed by atoms with Gasteiger partial charge in [-0.3, -0.25) is 4.79 Å². The highest BCUT2D eigenvalue weighted by Gasteiger charge is 2.25. The minimum Gasteiger partial charge on any atom is -0.480 e. The Morgan fingerprint density at radius 1 is 1.45 bits per heavy atom. The Kier molecular flexibility index (Phi) is 5.91. The number of carboxylic acids is 1. The van der Waals surface area contributed by atoms with Crippen LogP contribution in [0.5, 0.6) is 0 Å². The number of nitrogens with zero attached hydrogens (tertiary/aromatic N) is 1. The Bertz CT molecular complexity index is 505. The van der Waals surface area contributed by atoms with Gasteiger partial charge in [0, 0.05) is 11.3 Å². The van der Waals surface area contributed by atoms with E-state index < -0.39 is 24.0 Å². The Balaban J connectivity index is 2.94. The molecule has 0 aliphatic heterocycles. The van der Waals surface area contributed by atoms with E-state index in [1.807, 2.05) is 6.92 Å². The number of carbonyl (C=O) groups is 2. The average molecular weight is 301 g/mol. The fourth-order valence-electron chi connectivity index (χ4n) is 1.68. The van der Waals surface area contributed by atoms with Crippen molar-refractivity contribution >= 4 is 23.5 Å². The monoisotopic (exact) mass is 300 g/mol. The van der Waals surface area contributed by atoms with Crippen LogP contribution in [-0.2, 0) is 11.2 Å². The van der Waals surface area contributed by atoms with Gasteiger partial charge in [-0.05, 0) is 25.5 Å². The van der Waals surface area contributed by atoms with E-state index in [-0.39, 0.29) is 10.7 Å². The van der Waals surface area contributed by atoms with Crippen LogP contribution in [0.15, 0.2) is 12.1 Å². The van der Waals surface area contributed by atoms with Gasteiger partial charge in [-0.1, -0.05) is 24.9 Å². The summed E-state index contributed by atoms with van der Waals surface area (Å²) < 4.78 is 0. The highest BCUT2D eigenvalue weighted by Crippen LogP contribution is 2.13. The zero-order chi connectivity index (χ0) is 15.3. The van der Waals surface area contributed by atoms with E-state index >= 15 is 0 Å². The number of hydrogen-bond acceptors (Lipinski definition) is 4. The van der Waals surface area contributed by atoms with Crippen molar-refractivity contribution in [1.82, 2.24) is 10.3 Å². The van der Waals surface area contributed by atoms with Crippen molar-refractivity contribution < 1.29 is 19.8 Å². The summed E-state index contributed by atoms with van der Waals surface area (Å²) in [6, 6.07) is 1.55. The van der Waals surface area contributed by atoms with E-state index in [0.717, 1.165) is 6.42 Å². The Morgan fingerprint density at radius 2 is 2.10 bits per heavy atom. The molecule has 0 bridgehead atoms. The second-order valence-corrected chi connectivity index (χ2v) is 4.84. The molecular weight excluding hydrogens is 284 g/mol. The first-order valence-corrected chi connectivity index (χ1v) is 6.61. The number of halogens is 1. The third-order valence-corrected chi connectivity index (χ3v) is 2.84. The summed E-state index contributed by atoms with van der Waals surface area (Å²) in [6.07, 6.45) is 0.309. The number of pyridine rings is 1. The van der Waals surface area contributed by atoms with E-state index in [1.165, 1.54) is 13.0 Å². The van der Waals surface area contributed by atoms with Crippen LogP contribution >= 0.6 is 11.6 Å². The quantitative estimate of drug-likeness (QED) is 0.687. The van der Waals surface area contributed by atoms with Gasteiger partial charge in [0.15, 0.2) is 6.04 Å². The number of nitrogens with one attached hydrogen (secondary N) is 1. The topological polar surface area (TPSA) is 99.5 Å². The molecule has 1 aromatic heterocycles. The minimum absolute atomic E-state index is 0.171. The second-order valence-electron chi connectivity index (χ2n) is 4.45. The van der Waals surface area contributed by atoms with E-state index in [1.54, 1.807) is 6.07 Å². The van der Waals surface area contributed by atoms with E-state index in [9.17, 15) is 14.7 Å². The summed E-state index contributed by atoms with van der Waals surface area (Å²) in [5.41, 5.74) is 0.884. The van der Waals surface area contributed by atoms with Crippen LogP contribution in [-0.4, -0.2) is 39.2 Å². The molecule has 0 aromatic carbocycles. The number of amides is 1. The minimum atomic E-state index is -1.37. The number of aliphatic hydroxyl groups is 1. The molecule has 3 N–H and O–H groups in total. The lowest BCUT2D eigenvalue weighted by atomic mass is 10.1.